The maximum absolute atomic E-state index is 12.6. The quantitative estimate of drug-likeness (QED) is 0.720. The highest BCUT2D eigenvalue weighted by Crippen LogP contribution is 2.35. The van der Waals surface area contributed by atoms with Gasteiger partial charge in [-0.05, 0) is 35.9 Å². The summed E-state index contributed by atoms with van der Waals surface area (Å²) in [6.07, 6.45) is 2.72. The molecule has 1 fully saturated rings. The lowest BCUT2D eigenvalue weighted by molar-refractivity contribution is -0.141. The van der Waals surface area contributed by atoms with Crippen LogP contribution in [0.4, 0.5) is 13.2 Å². The number of piperidine rings is 1. The van der Waals surface area contributed by atoms with Gasteiger partial charge in [0.05, 0.1) is 12.8 Å². The lowest BCUT2D eigenvalue weighted by atomic mass is 9.90. The molecule has 2 aromatic rings. The molecular weight excluding hydrogens is 423 g/mol. The first-order valence-corrected chi connectivity index (χ1v) is 10.1. The van der Waals surface area contributed by atoms with Gasteiger partial charge in [-0.15, -0.1) is 0 Å². The molecule has 1 aromatic carbocycles. The second-order valence-corrected chi connectivity index (χ2v) is 7.69. The van der Waals surface area contributed by atoms with Gasteiger partial charge in [0, 0.05) is 43.8 Å². The maximum atomic E-state index is 12.6. The number of alkyl halides is 3. The number of methoxy groups -OCH3 is 1. The Balaban J connectivity index is 1.35. The Morgan fingerprint density at radius 1 is 1.25 bits per heavy atom. The smallest absolute Gasteiger partial charge is 0.433 e. The Kier molecular flexibility index (Phi) is 5.92. The molecular formula is C23H22F3N3O3. The number of nitrogens with one attached hydrogen (secondary N) is 1. The lowest BCUT2D eigenvalue weighted by Gasteiger charge is -2.36. The third-order valence-corrected chi connectivity index (χ3v) is 5.57. The van der Waals surface area contributed by atoms with Gasteiger partial charge < -0.3 is 9.64 Å². The summed E-state index contributed by atoms with van der Waals surface area (Å²) in [5.41, 5.74) is 3.77. The number of carbonyl (C=O) groups is 1. The van der Waals surface area contributed by atoms with Crippen LogP contribution in [0.1, 0.15) is 29.7 Å². The minimum Gasteiger partial charge on any atom is -0.497 e. The van der Waals surface area contributed by atoms with E-state index >= 15 is 0 Å². The Labute approximate surface area is 183 Å². The number of hydroxylamine groups is 1. The molecule has 6 nitrogen and oxygen atoms in total. The number of amides is 1. The molecule has 0 bridgehead atoms. The Morgan fingerprint density at radius 3 is 2.69 bits per heavy atom. The van der Waals surface area contributed by atoms with Gasteiger partial charge >= 0.3 is 6.18 Å². The first-order chi connectivity index (χ1) is 15.3. The first-order valence-electron chi connectivity index (χ1n) is 10.1. The topological polar surface area (TPSA) is 63.7 Å². The van der Waals surface area contributed by atoms with Crippen molar-refractivity contribution in [1.82, 2.24) is 15.4 Å². The zero-order valence-corrected chi connectivity index (χ0v) is 17.4. The molecule has 1 saturated heterocycles. The SMILES string of the molecule is COc1cccc(C2=CC3(CCN(C(=O)C=Cc4ccc(C(F)(F)F)nc4)CC3)ON2)c1. The van der Waals surface area contributed by atoms with Crippen molar-refractivity contribution >= 4 is 17.7 Å². The summed E-state index contributed by atoms with van der Waals surface area (Å²) in [6.45, 7) is 0.996. The van der Waals surface area contributed by atoms with Crippen molar-refractivity contribution in [2.75, 3.05) is 20.2 Å². The third kappa shape index (κ3) is 4.77. The molecule has 0 saturated carbocycles. The number of hydrogen-bond acceptors (Lipinski definition) is 5. The Hall–Kier alpha value is -3.33. The normalized spacial score (nSPS) is 18.0. The van der Waals surface area contributed by atoms with E-state index in [1.54, 1.807) is 12.0 Å². The van der Waals surface area contributed by atoms with E-state index in [9.17, 15) is 18.0 Å². The predicted molar refractivity (Wildman–Crippen MR) is 112 cm³/mol. The first kappa shape index (κ1) is 21.9. The van der Waals surface area contributed by atoms with E-state index in [-0.39, 0.29) is 5.91 Å². The summed E-state index contributed by atoms with van der Waals surface area (Å²) in [5, 5.41) is 0. The molecule has 0 aliphatic carbocycles. The van der Waals surface area contributed by atoms with Crippen LogP contribution in [0.25, 0.3) is 11.8 Å². The van der Waals surface area contributed by atoms with E-state index in [0.29, 0.717) is 31.5 Å². The fourth-order valence-corrected chi connectivity index (χ4v) is 3.71. The summed E-state index contributed by atoms with van der Waals surface area (Å²) in [5.74, 6) is 0.546. The molecule has 0 unspecified atom stereocenters. The van der Waals surface area contributed by atoms with Crippen LogP contribution in [0.15, 0.2) is 54.7 Å². The van der Waals surface area contributed by atoms with Crippen molar-refractivity contribution in [3.05, 3.63) is 71.6 Å². The van der Waals surface area contributed by atoms with E-state index in [1.165, 1.54) is 18.2 Å². The van der Waals surface area contributed by atoms with Gasteiger partial charge in [0.1, 0.15) is 17.0 Å². The molecule has 0 atom stereocenters. The van der Waals surface area contributed by atoms with E-state index in [0.717, 1.165) is 29.3 Å². The maximum Gasteiger partial charge on any atom is 0.433 e. The Bertz CT molecular complexity index is 1040. The minimum atomic E-state index is -4.49. The fourth-order valence-electron chi connectivity index (χ4n) is 3.71. The van der Waals surface area contributed by atoms with E-state index < -0.39 is 17.5 Å². The van der Waals surface area contributed by atoms with Crippen LogP contribution in [0.2, 0.25) is 0 Å². The van der Waals surface area contributed by atoms with Gasteiger partial charge in [0.2, 0.25) is 5.91 Å². The number of ether oxygens (including phenoxy) is 1. The van der Waals surface area contributed by atoms with Crippen LogP contribution in [0, 0.1) is 0 Å². The molecule has 2 aliphatic heterocycles. The van der Waals surface area contributed by atoms with Crippen LogP contribution in [0.5, 0.6) is 5.75 Å². The van der Waals surface area contributed by atoms with Gasteiger partial charge in [-0.1, -0.05) is 18.2 Å². The summed E-state index contributed by atoms with van der Waals surface area (Å²) in [6, 6.07) is 9.83. The number of halogens is 3. The highest BCUT2D eigenvalue weighted by molar-refractivity contribution is 5.91. The van der Waals surface area contributed by atoms with Crippen molar-refractivity contribution in [3.63, 3.8) is 0 Å². The van der Waals surface area contributed by atoms with E-state index in [4.69, 9.17) is 9.57 Å². The Morgan fingerprint density at radius 2 is 2.03 bits per heavy atom. The molecule has 3 heterocycles. The highest BCUT2D eigenvalue weighted by atomic mass is 19.4. The average Bonchev–Trinajstić information content (AvgIpc) is 3.21. The van der Waals surface area contributed by atoms with Gasteiger partial charge in [-0.3, -0.25) is 20.1 Å². The second kappa shape index (κ2) is 8.66. The average molecular weight is 445 g/mol. The van der Waals surface area contributed by atoms with Crippen molar-refractivity contribution in [3.8, 4) is 5.75 Å². The van der Waals surface area contributed by atoms with Crippen molar-refractivity contribution in [2.45, 2.75) is 24.6 Å². The molecule has 2 aliphatic rings. The summed E-state index contributed by atoms with van der Waals surface area (Å²) in [4.78, 5) is 23.5. The van der Waals surface area contributed by atoms with Crippen molar-refractivity contribution in [1.29, 1.82) is 0 Å². The molecule has 1 spiro atoms. The van der Waals surface area contributed by atoms with Crippen molar-refractivity contribution in [2.24, 2.45) is 0 Å². The van der Waals surface area contributed by atoms with Gasteiger partial charge in [-0.2, -0.15) is 13.2 Å². The molecule has 32 heavy (non-hydrogen) atoms. The molecule has 1 N–H and O–H groups in total. The van der Waals surface area contributed by atoms with Crippen LogP contribution < -0.4 is 10.2 Å². The molecule has 0 radical (unpaired) electrons. The summed E-state index contributed by atoms with van der Waals surface area (Å²) in [7, 11) is 1.61. The number of nitrogens with zero attached hydrogens (tertiary/aromatic N) is 2. The summed E-state index contributed by atoms with van der Waals surface area (Å²) >= 11 is 0. The number of rotatable bonds is 4. The fraction of sp³-hybridized carbons (Fsp3) is 0.304. The van der Waals surface area contributed by atoms with Crippen LogP contribution in [0.3, 0.4) is 0 Å². The number of benzene rings is 1. The third-order valence-electron chi connectivity index (χ3n) is 5.57. The second-order valence-electron chi connectivity index (χ2n) is 7.69. The lowest BCUT2D eigenvalue weighted by Crippen LogP contribution is -2.46. The molecule has 1 amide bonds. The minimum absolute atomic E-state index is 0.206. The van der Waals surface area contributed by atoms with Gasteiger partial charge in [-0.25, -0.2) is 0 Å². The predicted octanol–water partition coefficient (Wildman–Crippen LogP) is 4.06. The number of aromatic nitrogens is 1. The van der Waals surface area contributed by atoms with Crippen LogP contribution >= 0.6 is 0 Å². The highest BCUT2D eigenvalue weighted by Gasteiger charge is 2.39. The molecule has 1 aromatic heterocycles. The number of likely N-dealkylation sites (tertiary alicyclic amines) is 1. The number of hydrogen-bond donors (Lipinski definition) is 1. The van der Waals surface area contributed by atoms with Crippen LogP contribution in [-0.2, 0) is 15.8 Å². The zero-order valence-electron chi connectivity index (χ0n) is 17.4. The summed E-state index contributed by atoms with van der Waals surface area (Å²) < 4.78 is 43.0. The van der Waals surface area contributed by atoms with Crippen LogP contribution in [-0.4, -0.2) is 41.6 Å². The van der Waals surface area contributed by atoms with E-state index in [1.807, 2.05) is 30.3 Å². The standard InChI is InChI=1S/C23H22F3N3O3/c1-31-18-4-2-3-17(13-18)19-14-22(32-28-19)9-11-29(12-10-22)21(30)8-6-16-5-7-20(27-15-16)23(24,25)26/h2-8,13-15,28H,9-12H2,1H3. The monoisotopic (exact) mass is 445 g/mol. The van der Waals surface area contributed by atoms with Gasteiger partial charge in [0.15, 0.2) is 0 Å². The van der Waals surface area contributed by atoms with E-state index in [2.05, 4.69) is 10.5 Å². The van der Waals surface area contributed by atoms with Crippen molar-refractivity contribution < 1.29 is 27.5 Å². The van der Waals surface area contributed by atoms with Gasteiger partial charge in [0.25, 0.3) is 0 Å². The largest absolute Gasteiger partial charge is 0.497 e. The number of pyridine rings is 1. The zero-order chi connectivity index (χ0) is 22.8. The molecule has 4 rings (SSSR count). The molecule has 9 heteroatoms. The molecule has 168 valence electrons. The number of carbonyl (C=O) groups excluding carboxylic acids is 1.